The first-order chi connectivity index (χ1) is 12.3. The van der Waals surface area contributed by atoms with Gasteiger partial charge in [0.05, 0.1) is 0 Å². The largest absolute Gasteiger partial charge is 0.481 e. The number of nitrogens with zero attached hydrogens (tertiary/aromatic N) is 2. The number of ether oxygens (including phenoxy) is 1. The Morgan fingerprint density at radius 3 is 2.50 bits per heavy atom. The van der Waals surface area contributed by atoms with E-state index in [0.717, 1.165) is 28.3 Å². The van der Waals surface area contributed by atoms with Crippen LogP contribution in [0.25, 0.3) is 0 Å². The molecular formula is C21H29N3O2. The molecule has 5 heteroatoms. The van der Waals surface area contributed by atoms with Crippen molar-refractivity contribution in [3.05, 3.63) is 53.2 Å². The van der Waals surface area contributed by atoms with Crippen molar-refractivity contribution in [2.45, 2.75) is 46.3 Å². The van der Waals surface area contributed by atoms with Crippen LogP contribution >= 0.6 is 0 Å². The molecule has 1 atom stereocenters. The van der Waals surface area contributed by atoms with Gasteiger partial charge in [-0.3, -0.25) is 4.79 Å². The number of anilines is 1. The van der Waals surface area contributed by atoms with Gasteiger partial charge in [-0.25, -0.2) is 4.98 Å². The molecule has 1 aromatic carbocycles. The average molecular weight is 355 g/mol. The van der Waals surface area contributed by atoms with Crippen molar-refractivity contribution in [1.29, 1.82) is 0 Å². The number of aromatic nitrogens is 1. The molecule has 0 unspecified atom stereocenters. The predicted molar refractivity (Wildman–Crippen MR) is 106 cm³/mol. The Hall–Kier alpha value is -2.56. The molecule has 1 amide bonds. The molecule has 0 saturated heterocycles. The van der Waals surface area contributed by atoms with Crippen LogP contribution < -0.4 is 15.0 Å². The number of nitrogens with one attached hydrogen (secondary N) is 1. The number of benzene rings is 1. The third kappa shape index (κ3) is 5.22. The second-order valence-electron chi connectivity index (χ2n) is 7.09. The maximum atomic E-state index is 12.4. The molecule has 2 rings (SSSR count). The smallest absolute Gasteiger partial charge is 0.261 e. The summed E-state index contributed by atoms with van der Waals surface area (Å²) in [6.45, 7) is 8.46. The summed E-state index contributed by atoms with van der Waals surface area (Å²) in [6, 6.07) is 10.0. The molecule has 26 heavy (non-hydrogen) atoms. The molecule has 0 aliphatic heterocycles. The Morgan fingerprint density at radius 2 is 1.92 bits per heavy atom. The second kappa shape index (κ2) is 8.70. The summed E-state index contributed by atoms with van der Waals surface area (Å²) < 4.78 is 5.95. The summed E-state index contributed by atoms with van der Waals surface area (Å²) in [7, 11) is 3.89. The highest BCUT2D eigenvalue weighted by atomic mass is 16.5. The summed E-state index contributed by atoms with van der Waals surface area (Å²) in [4.78, 5) is 18.7. The van der Waals surface area contributed by atoms with Crippen LogP contribution in [0.5, 0.6) is 5.75 Å². The van der Waals surface area contributed by atoms with Gasteiger partial charge in [-0.2, -0.15) is 0 Å². The number of rotatable bonds is 7. The molecule has 0 aliphatic rings. The normalized spacial score (nSPS) is 12.0. The lowest BCUT2D eigenvalue weighted by Crippen LogP contribution is -2.36. The van der Waals surface area contributed by atoms with E-state index in [1.54, 1.807) is 13.1 Å². The first-order valence-corrected chi connectivity index (χ1v) is 8.95. The van der Waals surface area contributed by atoms with Gasteiger partial charge in [0.15, 0.2) is 6.10 Å². The number of aryl methyl sites for hydroxylation is 1. The number of amides is 1. The van der Waals surface area contributed by atoms with E-state index in [-0.39, 0.29) is 5.91 Å². The van der Waals surface area contributed by atoms with E-state index in [1.165, 1.54) is 0 Å². The highest BCUT2D eigenvalue weighted by Gasteiger charge is 2.17. The van der Waals surface area contributed by atoms with Gasteiger partial charge in [0, 0.05) is 26.8 Å². The molecule has 0 spiro atoms. The minimum atomic E-state index is -0.566. The molecule has 5 nitrogen and oxygen atoms in total. The number of pyridine rings is 1. The quantitative estimate of drug-likeness (QED) is 0.823. The lowest BCUT2D eigenvalue weighted by Gasteiger charge is -2.19. The third-order valence-corrected chi connectivity index (χ3v) is 4.20. The molecule has 0 aliphatic carbocycles. The average Bonchev–Trinajstić information content (AvgIpc) is 2.59. The number of carbonyl (C=O) groups excluding carboxylic acids is 1. The van der Waals surface area contributed by atoms with E-state index in [0.29, 0.717) is 12.5 Å². The Balaban J connectivity index is 1.96. The molecule has 140 valence electrons. The second-order valence-corrected chi connectivity index (χ2v) is 7.09. The summed E-state index contributed by atoms with van der Waals surface area (Å²) in [5, 5.41) is 2.91. The van der Waals surface area contributed by atoms with Crippen molar-refractivity contribution in [2.24, 2.45) is 0 Å². The summed E-state index contributed by atoms with van der Waals surface area (Å²) in [6.07, 6.45) is 1.21. The Kier molecular flexibility index (Phi) is 6.61. The van der Waals surface area contributed by atoms with Gasteiger partial charge in [0.1, 0.15) is 11.6 Å². The van der Waals surface area contributed by atoms with E-state index in [9.17, 15) is 4.79 Å². The summed E-state index contributed by atoms with van der Waals surface area (Å²) in [5.41, 5.74) is 3.18. The molecule has 0 saturated carbocycles. The SMILES string of the molecule is Cc1ccc(C(C)C)c(O[C@@H](C)C(=O)NCc2ccc(N(C)C)nc2)c1. The van der Waals surface area contributed by atoms with Crippen LogP contribution in [0.15, 0.2) is 36.5 Å². The van der Waals surface area contributed by atoms with Crippen LogP contribution in [0.1, 0.15) is 43.4 Å². The highest BCUT2D eigenvalue weighted by Crippen LogP contribution is 2.28. The zero-order valence-corrected chi connectivity index (χ0v) is 16.5. The molecule has 1 aromatic heterocycles. The van der Waals surface area contributed by atoms with Crippen LogP contribution in [0.4, 0.5) is 5.82 Å². The van der Waals surface area contributed by atoms with Crippen molar-refractivity contribution in [2.75, 3.05) is 19.0 Å². The maximum absolute atomic E-state index is 12.4. The van der Waals surface area contributed by atoms with Gasteiger partial charge in [0.25, 0.3) is 5.91 Å². The zero-order valence-electron chi connectivity index (χ0n) is 16.5. The van der Waals surface area contributed by atoms with Crippen LogP contribution in [-0.4, -0.2) is 31.1 Å². The van der Waals surface area contributed by atoms with Crippen molar-refractivity contribution < 1.29 is 9.53 Å². The van der Waals surface area contributed by atoms with Crippen LogP contribution in [0.2, 0.25) is 0 Å². The fourth-order valence-corrected chi connectivity index (χ4v) is 2.58. The van der Waals surface area contributed by atoms with Gasteiger partial charge in [-0.05, 0) is 48.6 Å². The Morgan fingerprint density at radius 1 is 1.19 bits per heavy atom. The lowest BCUT2D eigenvalue weighted by atomic mass is 10.0. The van der Waals surface area contributed by atoms with Crippen molar-refractivity contribution >= 4 is 11.7 Å². The molecule has 1 N–H and O–H groups in total. The van der Waals surface area contributed by atoms with E-state index < -0.39 is 6.10 Å². The zero-order chi connectivity index (χ0) is 19.3. The van der Waals surface area contributed by atoms with Gasteiger partial charge in [-0.15, -0.1) is 0 Å². The molecule has 2 aromatic rings. The third-order valence-electron chi connectivity index (χ3n) is 4.20. The van der Waals surface area contributed by atoms with Crippen molar-refractivity contribution in [3.8, 4) is 5.75 Å². The Bertz CT molecular complexity index is 739. The van der Waals surface area contributed by atoms with Gasteiger partial charge < -0.3 is 15.0 Å². The monoisotopic (exact) mass is 355 g/mol. The van der Waals surface area contributed by atoms with Gasteiger partial charge in [0.2, 0.25) is 0 Å². The summed E-state index contributed by atoms with van der Waals surface area (Å²) >= 11 is 0. The fourth-order valence-electron chi connectivity index (χ4n) is 2.58. The number of hydrogen-bond acceptors (Lipinski definition) is 4. The Labute approximate surface area is 156 Å². The number of carbonyl (C=O) groups is 1. The molecule has 0 fully saturated rings. The molecular weight excluding hydrogens is 326 g/mol. The predicted octanol–water partition coefficient (Wildman–Crippen LogP) is 3.66. The van der Waals surface area contributed by atoms with Crippen LogP contribution in [0.3, 0.4) is 0 Å². The van der Waals surface area contributed by atoms with Crippen LogP contribution in [0, 0.1) is 6.92 Å². The first-order valence-electron chi connectivity index (χ1n) is 8.95. The van der Waals surface area contributed by atoms with Gasteiger partial charge in [-0.1, -0.05) is 32.0 Å². The van der Waals surface area contributed by atoms with E-state index in [4.69, 9.17) is 4.74 Å². The molecule has 0 bridgehead atoms. The molecule has 0 radical (unpaired) electrons. The van der Waals surface area contributed by atoms with E-state index in [2.05, 4.69) is 36.3 Å². The van der Waals surface area contributed by atoms with Crippen LogP contribution in [-0.2, 0) is 11.3 Å². The minimum Gasteiger partial charge on any atom is -0.481 e. The lowest BCUT2D eigenvalue weighted by molar-refractivity contribution is -0.127. The van der Waals surface area contributed by atoms with Gasteiger partial charge >= 0.3 is 0 Å². The van der Waals surface area contributed by atoms with E-state index >= 15 is 0 Å². The highest BCUT2D eigenvalue weighted by molar-refractivity contribution is 5.80. The topological polar surface area (TPSA) is 54.5 Å². The molecule has 1 heterocycles. The van der Waals surface area contributed by atoms with Crippen molar-refractivity contribution in [1.82, 2.24) is 10.3 Å². The fraction of sp³-hybridized carbons (Fsp3) is 0.429. The maximum Gasteiger partial charge on any atom is 0.261 e. The minimum absolute atomic E-state index is 0.141. The summed E-state index contributed by atoms with van der Waals surface area (Å²) in [5.74, 6) is 1.86. The standard InChI is InChI=1S/C21H29N3O2/c1-14(2)18-9-7-15(3)11-19(18)26-16(4)21(25)23-13-17-8-10-20(22-12-17)24(5)6/h7-12,14,16H,13H2,1-6H3,(H,23,25)/t16-/m0/s1. The van der Waals surface area contributed by atoms with Crippen molar-refractivity contribution in [3.63, 3.8) is 0 Å². The first kappa shape index (κ1) is 19.8. The number of hydrogen-bond donors (Lipinski definition) is 1. The van der Waals surface area contributed by atoms with E-state index in [1.807, 2.05) is 44.1 Å².